The second-order valence-electron chi connectivity index (χ2n) is 4.15. The number of carbonyl (C=O) groups is 1. The zero-order valence-electron chi connectivity index (χ0n) is 11.5. The van der Waals surface area contributed by atoms with Crippen LogP contribution < -0.4 is 10.6 Å². The molecule has 0 aliphatic heterocycles. The molecule has 0 fully saturated rings. The molecule has 0 saturated carbocycles. The molecule has 0 saturated heterocycles. The maximum Gasteiger partial charge on any atom is 0.274 e. The van der Waals surface area contributed by atoms with Gasteiger partial charge in [0.15, 0.2) is 0 Å². The maximum atomic E-state index is 12.1. The standard InChI is InChI=1S/C15H17N3OS/c1-3-16-12-7-8-14(17-10-12)15(19)18-11-5-4-6-13(9-11)20-2/h4-10,16H,3H2,1-2H3,(H,18,19). The normalized spacial score (nSPS) is 10.1. The number of anilines is 2. The molecule has 0 atom stereocenters. The molecular formula is C15H17N3OS. The largest absolute Gasteiger partial charge is 0.384 e. The molecule has 0 unspecified atom stereocenters. The second kappa shape index (κ2) is 6.96. The third kappa shape index (κ3) is 3.74. The summed E-state index contributed by atoms with van der Waals surface area (Å²) >= 11 is 1.64. The second-order valence-corrected chi connectivity index (χ2v) is 5.03. The topological polar surface area (TPSA) is 54.0 Å². The van der Waals surface area contributed by atoms with Crippen LogP contribution in [-0.4, -0.2) is 23.7 Å². The van der Waals surface area contributed by atoms with Crippen LogP contribution in [0.2, 0.25) is 0 Å². The number of hydrogen-bond donors (Lipinski definition) is 2. The summed E-state index contributed by atoms with van der Waals surface area (Å²) in [6, 6.07) is 11.3. The highest BCUT2D eigenvalue weighted by molar-refractivity contribution is 7.98. The Bertz CT molecular complexity index is 584. The van der Waals surface area contributed by atoms with E-state index in [0.717, 1.165) is 22.8 Å². The molecule has 20 heavy (non-hydrogen) atoms. The number of thioether (sulfide) groups is 1. The summed E-state index contributed by atoms with van der Waals surface area (Å²) in [4.78, 5) is 17.3. The first-order valence-corrected chi connectivity index (χ1v) is 7.60. The molecular weight excluding hydrogens is 270 g/mol. The lowest BCUT2D eigenvalue weighted by Gasteiger charge is -2.07. The number of hydrogen-bond acceptors (Lipinski definition) is 4. The van der Waals surface area contributed by atoms with Crippen LogP contribution in [0.5, 0.6) is 0 Å². The maximum absolute atomic E-state index is 12.1. The van der Waals surface area contributed by atoms with Gasteiger partial charge in [0.2, 0.25) is 0 Å². The minimum Gasteiger partial charge on any atom is -0.384 e. The van der Waals surface area contributed by atoms with Gasteiger partial charge in [0, 0.05) is 17.1 Å². The van der Waals surface area contributed by atoms with E-state index in [0.29, 0.717) is 5.69 Å². The van der Waals surface area contributed by atoms with Gasteiger partial charge in [-0.25, -0.2) is 4.98 Å². The molecule has 5 heteroatoms. The highest BCUT2D eigenvalue weighted by Gasteiger charge is 2.07. The van der Waals surface area contributed by atoms with Crippen LogP contribution >= 0.6 is 11.8 Å². The SMILES string of the molecule is CCNc1ccc(C(=O)Nc2cccc(SC)c2)nc1. The van der Waals surface area contributed by atoms with Crippen molar-refractivity contribution in [2.75, 3.05) is 23.4 Å². The van der Waals surface area contributed by atoms with Crippen molar-refractivity contribution in [2.24, 2.45) is 0 Å². The molecule has 2 rings (SSSR count). The molecule has 1 amide bonds. The molecule has 0 bridgehead atoms. The number of rotatable bonds is 5. The van der Waals surface area contributed by atoms with Gasteiger partial charge in [0.05, 0.1) is 11.9 Å². The fraction of sp³-hybridized carbons (Fsp3) is 0.200. The Balaban J connectivity index is 2.07. The van der Waals surface area contributed by atoms with Crippen molar-refractivity contribution in [3.8, 4) is 0 Å². The minimum absolute atomic E-state index is 0.202. The zero-order valence-corrected chi connectivity index (χ0v) is 12.3. The number of nitrogens with zero attached hydrogens (tertiary/aromatic N) is 1. The first-order valence-electron chi connectivity index (χ1n) is 6.38. The Morgan fingerprint density at radius 3 is 2.75 bits per heavy atom. The molecule has 1 heterocycles. The lowest BCUT2D eigenvalue weighted by atomic mass is 10.3. The average molecular weight is 287 g/mol. The minimum atomic E-state index is -0.202. The molecule has 2 aromatic rings. The van der Waals surface area contributed by atoms with Crippen molar-refractivity contribution >= 4 is 29.0 Å². The van der Waals surface area contributed by atoms with E-state index >= 15 is 0 Å². The summed E-state index contributed by atoms with van der Waals surface area (Å²) in [6.07, 6.45) is 3.67. The Kier molecular flexibility index (Phi) is 5.01. The number of amides is 1. The average Bonchev–Trinajstić information content (AvgIpc) is 2.48. The third-order valence-electron chi connectivity index (χ3n) is 2.70. The summed E-state index contributed by atoms with van der Waals surface area (Å²) in [5.41, 5.74) is 2.09. The van der Waals surface area contributed by atoms with Gasteiger partial charge in [-0.2, -0.15) is 0 Å². The molecule has 1 aromatic carbocycles. The highest BCUT2D eigenvalue weighted by Crippen LogP contribution is 2.19. The quantitative estimate of drug-likeness (QED) is 0.827. The lowest BCUT2D eigenvalue weighted by molar-refractivity contribution is 0.102. The van der Waals surface area contributed by atoms with E-state index in [1.54, 1.807) is 24.0 Å². The van der Waals surface area contributed by atoms with E-state index in [1.807, 2.05) is 43.5 Å². The predicted molar refractivity (Wildman–Crippen MR) is 84.6 cm³/mol. The van der Waals surface area contributed by atoms with Crippen LogP contribution in [0.25, 0.3) is 0 Å². The van der Waals surface area contributed by atoms with Gasteiger partial charge in [0.25, 0.3) is 5.91 Å². The van der Waals surface area contributed by atoms with E-state index in [4.69, 9.17) is 0 Å². The summed E-state index contributed by atoms with van der Waals surface area (Å²) in [5, 5.41) is 5.99. The van der Waals surface area contributed by atoms with E-state index in [1.165, 1.54) is 0 Å². The van der Waals surface area contributed by atoms with Crippen molar-refractivity contribution in [3.05, 3.63) is 48.3 Å². The first-order chi connectivity index (χ1) is 9.72. The molecule has 104 valence electrons. The summed E-state index contributed by atoms with van der Waals surface area (Å²) in [6.45, 7) is 2.84. The molecule has 0 spiro atoms. The van der Waals surface area contributed by atoms with Gasteiger partial charge in [-0.1, -0.05) is 6.07 Å². The lowest BCUT2D eigenvalue weighted by Crippen LogP contribution is -2.13. The molecule has 1 aromatic heterocycles. The predicted octanol–water partition coefficient (Wildman–Crippen LogP) is 3.49. The van der Waals surface area contributed by atoms with Gasteiger partial charge >= 0.3 is 0 Å². The fourth-order valence-corrected chi connectivity index (χ4v) is 2.19. The number of nitrogens with one attached hydrogen (secondary N) is 2. The monoisotopic (exact) mass is 287 g/mol. The Morgan fingerprint density at radius 1 is 1.25 bits per heavy atom. The van der Waals surface area contributed by atoms with Crippen molar-refractivity contribution < 1.29 is 4.79 Å². The smallest absolute Gasteiger partial charge is 0.274 e. The van der Waals surface area contributed by atoms with Gasteiger partial charge in [-0.15, -0.1) is 11.8 Å². The summed E-state index contributed by atoms with van der Waals surface area (Å²) in [5.74, 6) is -0.202. The van der Waals surface area contributed by atoms with Gasteiger partial charge < -0.3 is 10.6 Å². The zero-order chi connectivity index (χ0) is 14.4. The number of aromatic nitrogens is 1. The van der Waals surface area contributed by atoms with Crippen LogP contribution in [0, 0.1) is 0 Å². The number of benzene rings is 1. The Hall–Kier alpha value is -2.01. The van der Waals surface area contributed by atoms with Crippen molar-refractivity contribution in [3.63, 3.8) is 0 Å². The molecule has 0 aliphatic carbocycles. The van der Waals surface area contributed by atoms with Gasteiger partial charge in [-0.3, -0.25) is 4.79 Å². The van der Waals surface area contributed by atoms with Crippen molar-refractivity contribution in [1.82, 2.24) is 4.98 Å². The van der Waals surface area contributed by atoms with Crippen LogP contribution in [0.1, 0.15) is 17.4 Å². The number of carbonyl (C=O) groups excluding carboxylic acids is 1. The van der Waals surface area contributed by atoms with Crippen LogP contribution in [0.15, 0.2) is 47.5 Å². The van der Waals surface area contributed by atoms with E-state index in [9.17, 15) is 4.79 Å². The van der Waals surface area contributed by atoms with E-state index < -0.39 is 0 Å². The molecule has 0 radical (unpaired) electrons. The first kappa shape index (κ1) is 14.4. The van der Waals surface area contributed by atoms with Crippen LogP contribution in [0.3, 0.4) is 0 Å². The van der Waals surface area contributed by atoms with Crippen molar-refractivity contribution in [1.29, 1.82) is 0 Å². The highest BCUT2D eigenvalue weighted by atomic mass is 32.2. The fourth-order valence-electron chi connectivity index (χ4n) is 1.73. The Morgan fingerprint density at radius 2 is 2.10 bits per heavy atom. The van der Waals surface area contributed by atoms with Crippen LogP contribution in [0.4, 0.5) is 11.4 Å². The van der Waals surface area contributed by atoms with E-state index in [2.05, 4.69) is 15.6 Å². The number of pyridine rings is 1. The van der Waals surface area contributed by atoms with Gasteiger partial charge in [0.1, 0.15) is 5.69 Å². The van der Waals surface area contributed by atoms with E-state index in [-0.39, 0.29) is 5.91 Å². The molecule has 0 aliphatic rings. The summed E-state index contributed by atoms with van der Waals surface area (Å²) < 4.78 is 0. The van der Waals surface area contributed by atoms with Crippen LogP contribution in [-0.2, 0) is 0 Å². The molecule has 4 nitrogen and oxygen atoms in total. The van der Waals surface area contributed by atoms with Gasteiger partial charge in [-0.05, 0) is 43.5 Å². The third-order valence-corrected chi connectivity index (χ3v) is 3.43. The van der Waals surface area contributed by atoms with Crippen molar-refractivity contribution in [2.45, 2.75) is 11.8 Å². The Labute approximate surface area is 123 Å². The summed E-state index contributed by atoms with van der Waals surface area (Å²) in [7, 11) is 0. The molecule has 2 N–H and O–H groups in total.